The van der Waals surface area contributed by atoms with Crippen molar-refractivity contribution in [2.75, 3.05) is 10.2 Å². The first kappa shape index (κ1) is 29.6. The molecule has 13 heteroatoms. The SMILES string of the molecule is O=C(O)c1ccc(F)c(F)c1N(C(=O)c1ccc(F)c(F)c1NC1=C(F)C=C(I)C=CC1)c1ccc(I)cc1F. The van der Waals surface area contributed by atoms with Gasteiger partial charge in [-0.3, -0.25) is 9.69 Å². The molecule has 2 N–H and O–H groups in total. The van der Waals surface area contributed by atoms with Gasteiger partial charge in [-0.05, 0) is 93.7 Å². The van der Waals surface area contributed by atoms with E-state index in [4.69, 9.17) is 0 Å². The van der Waals surface area contributed by atoms with Gasteiger partial charge in [0, 0.05) is 13.6 Å². The number of benzene rings is 3. The fraction of sp³-hybridized carbons (Fsp3) is 0.0370. The first-order chi connectivity index (χ1) is 18.9. The van der Waals surface area contributed by atoms with E-state index in [-0.39, 0.29) is 17.0 Å². The number of hydrogen-bond acceptors (Lipinski definition) is 3. The predicted molar refractivity (Wildman–Crippen MR) is 153 cm³/mol. The average Bonchev–Trinajstić information content (AvgIpc) is 3.04. The summed E-state index contributed by atoms with van der Waals surface area (Å²) >= 11 is 3.58. The molecule has 0 radical (unpaired) electrons. The zero-order chi connectivity index (χ0) is 29.3. The zero-order valence-corrected chi connectivity index (χ0v) is 24.0. The van der Waals surface area contributed by atoms with E-state index in [2.05, 4.69) is 5.32 Å². The van der Waals surface area contributed by atoms with Gasteiger partial charge in [0.25, 0.3) is 5.91 Å². The van der Waals surface area contributed by atoms with Crippen molar-refractivity contribution in [2.24, 2.45) is 0 Å². The van der Waals surface area contributed by atoms with Crippen LogP contribution in [0.2, 0.25) is 0 Å². The molecule has 0 bridgehead atoms. The Bertz CT molecular complexity index is 1660. The molecule has 0 aliphatic heterocycles. The fourth-order valence-electron chi connectivity index (χ4n) is 3.80. The second kappa shape index (κ2) is 12.0. The first-order valence-electron chi connectivity index (χ1n) is 11.1. The third-order valence-electron chi connectivity index (χ3n) is 5.63. The van der Waals surface area contributed by atoms with Crippen LogP contribution in [-0.2, 0) is 0 Å². The lowest BCUT2D eigenvalue weighted by molar-refractivity contribution is 0.0697. The molecule has 1 aliphatic carbocycles. The molecular weight excluding hydrogens is 768 g/mol. The van der Waals surface area contributed by atoms with Crippen LogP contribution in [0.3, 0.4) is 0 Å². The van der Waals surface area contributed by atoms with Gasteiger partial charge in [-0.1, -0.05) is 12.2 Å². The largest absolute Gasteiger partial charge is 0.478 e. The molecule has 206 valence electrons. The molecule has 4 rings (SSSR count). The second-order valence-corrected chi connectivity index (χ2v) is 10.7. The maximum atomic E-state index is 15.2. The summed E-state index contributed by atoms with van der Waals surface area (Å²) in [5, 5.41) is 12.0. The Labute approximate surface area is 250 Å². The van der Waals surface area contributed by atoms with Crippen molar-refractivity contribution in [2.45, 2.75) is 6.42 Å². The summed E-state index contributed by atoms with van der Waals surface area (Å²) in [6.07, 6.45) is 4.04. The highest BCUT2D eigenvalue weighted by Gasteiger charge is 2.33. The molecule has 5 nitrogen and oxygen atoms in total. The quantitative estimate of drug-likeness (QED) is 0.195. The van der Waals surface area contributed by atoms with Gasteiger partial charge in [-0.2, -0.15) is 0 Å². The van der Waals surface area contributed by atoms with Gasteiger partial charge in [0.15, 0.2) is 23.3 Å². The highest BCUT2D eigenvalue weighted by molar-refractivity contribution is 14.1. The molecule has 0 fully saturated rings. The Balaban J connectivity index is 1.99. The maximum Gasteiger partial charge on any atom is 0.337 e. The van der Waals surface area contributed by atoms with Crippen LogP contribution < -0.4 is 10.2 Å². The number of carbonyl (C=O) groups excluding carboxylic acids is 1. The Hall–Kier alpha value is -3.34. The van der Waals surface area contributed by atoms with Gasteiger partial charge >= 0.3 is 5.97 Å². The summed E-state index contributed by atoms with van der Waals surface area (Å²) in [5.41, 5.74) is -4.74. The van der Waals surface area contributed by atoms with Gasteiger partial charge in [0.2, 0.25) is 0 Å². The van der Waals surface area contributed by atoms with Crippen molar-refractivity contribution in [1.29, 1.82) is 0 Å². The summed E-state index contributed by atoms with van der Waals surface area (Å²) in [6.45, 7) is 0. The van der Waals surface area contributed by atoms with Crippen molar-refractivity contribution >= 4 is 74.1 Å². The number of aromatic carboxylic acids is 1. The summed E-state index contributed by atoms with van der Waals surface area (Å²) in [5.74, 6) is -11.7. The average molecular weight is 782 g/mol. The molecule has 0 spiro atoms. The number of carboxylic acids is 1. The van der Waals surface area contributed by atoms with Crippen molar-refractivity contribution < 1.29 is 41.0 Å². The van der Waals surface area contributed by atoms with E-state index in [0.717, 1.165) is 24.3 Å². The molecule has 0 atom stereocenters. The number of nitrogens with one attached hydrogen (secondary N) is 1. The molecule has 0 heterocycles. The van der Waals surface area contributed by atoms with Crippen LogP contribution in [0, 0.1) is 32.7 Å². The minimum absolute atomic E-state index is 0.129. The van der Waals surface area contributed by atoms with Crippen LogP contribution in [0.15, 0.2) is 75.8 Å². The van der Waals surface area contributed by atoms with E-state index < -0.39 is 75.0 Å². The molecule has 0 saturated carbocycles. The standard InChI is InChI=1S/C27H14F6I2N2O3/c28-16-7-5-14(24(22(16)32)36-20-3-1-2-12(34)10-18(20)30)26(38)37(21-9-4-13(35)11-19(21)31)25-15(27(39)40)6-8-17(29)23(25)33/h1-2,4-11,36H,3H2,(H,39,40). The smallest absolute Gasteiger partial charge is 0.337 e. The summed E-state index contributed by atoms with van der Waals surface area (Å²) < 4.78 is 89.9. The molecule has 0 aromatic heterocycles. The molecule has 1 aliphatic rings. The zero-order valence-electron chi connectivity index (χ0n) is 19.7. The summed E-state index contributed by atoms with van der Waals surface area (Å²) in [4.78, 5) is 26.1. The number of nitrogens with zero attached hydrogens (tertiary/aromatic N) is 1. The summed E-state index contributed by atoms with van der Waals surface area (Å²) in [6, 6.07) is 5.72. The molecule has 0 unspecified atom stereocenters. The number of carbonyl (C=O) groups is 2. The lowest BCUT2D eigenvalue weighted by Gasteiger charge is -2.27. The highest BCUT2D eigenvalue weighted by Crippen LogP contribution is 2.38. The number of anilines is 3. The van der Waals surface area contributed by atoms with Gasteiger partial charge in [-0.25, -0.2) is 31.1 Å². The Morgan fingerprint density at radius 3 is 2.15 bits per heavy atom. The van der Waals surface area contributed by atoms with Crippen molar-refractivity contribution in [1.82, 2.24) is 0 Å². The molecule has 3 aromatic carbocycles. The van der Waals surface area contributed by atoms with Crippen LogP contribution in [0.1, 0.15) is 27.1 Å². The summed E-state index contributed by atoms with van der Waals surface area (Å²) in [7, 11) is 0. The maximum absolute atomic E-state index is 15.2. The van der Waals surface area contributed by atoms with Crippen molar-refractivity contribution in [3.05, 3.63) is 120 Å². The second-order valence-electron chi connectivity index (χ2n) is 8.17. The highest BCUT2D eigenvalue weighted by atomic mass is 127. The molecular formula is C27H14F6I2N2O3. The van der Waals surface area contributed by atoms with E-state index in [1.807, 2.05) is 22.6 Å². The number of amides is 1. The normalized spacial score (nSPS) is 13.2. The van der Waals surface area contributed by atoms with Crippen LogP contribution in [-0.4, -0.2) is 17.0 Å². The molecule has 3 aromatic rings. The molecule has 40 heavy (non-hydrogen) atoms. The van der Waals surface area contributed by atoms with Gasteiger partial charge < -0.3 is 10.4 Å². The third-order valence-corrected chi connectivity index (χ3v) is 6.97. The van der Waals surface area contributed by atoms with E-state index in [9.17, 15) is 27.9 Å². The first-order valence-corrected chi connectivity index (χ1v) is 13.2. The van der Waals surface area contributed by atoms with E-state index in [0.29, 0.717) is 25.3 Å². The van der Waals surface area contributed by atoms with Crippen molar-refractivity contribution in [3.63, 3.8) is 0 Å². The molecule has 1 amide bonds. The molecule has 0 saturated heterocycles. The van der Waals surface area contributed by atoms with Gasteiger partial charge in [0.1, 0.15) is 17.3 Å². The van der Waals surface area contributed by atoms with E-state index in [1.54, 1.807) is 28.7 Å². The number of carboxylic acid groups (broad SMARTS) is 1. The lowest BCUT2D eigenvalue weighted by atomic mass is 10.1. The van der Waals surface area contributed by atoms with E-state index in [1.165, 1.54) is 12.1 Å². The third kappa shape index (κ3) is 5.89. The number of halogens is 8. The van der Waals surface area contributed by atoms with E-state index >= 15 is 13.2 Å². The minimum Gasteiger partial charge on any atom is -0.478 e. The van der Waals surface area contributed by atoms with Gasteiger partial charge in [0.05, 0.1) is 28.2 Å². The monoisotopic (exact) mass is 782 g/mol. The van der Waals surface area contributed by atoms with Crippen LogP contribution in [0.5, 0.6) is 0 Å². The number of allylic oxidation sites excluding steroid dienone is 5. The van der Waals surface area contributed by atoms with Gasteiger partial charge in [-0.15, -0.1) is 0 Å². The minimum atomic E-state index is -1.81. The lowest BCUT2D eigenvalue weighted by Crippen LogP contribution is -2.31. The van der Waals surface area contributed by atoms with Crippen LogP contribution in [0.25, 0.3) is 0 Å². The number of hydrogen-bond donors (Lipinski definition) is 2. The topological polar surface area (TPSA) is 69.6 Å². The Morgan fingerprint density at radius 2 is 1.50 bits per heavy atom. The Kier molecular flexibility index (Phi) is 8.92. The van der Waals surface area contributed by atoms with Crippen LogP contribution in [0.4, 0.5) is 43.4 Å². The predicted octanol–water partition coefficient (Wildman–Crippen LogP) is 8.54. The Morgan fingerprint density at radius 1 is 0.850 bits per heavy atom. The van der Waals surface area contributed by atoms with Crippen molar-refractivity contribution in [3.8, 4) is 0 Å². The van der Waals surface area contributed by atoms with Crippen LogP contribution >= 0.6 is 45.2 Å². The fourth-order valence-corrected chi connectivity index (χ4v) is 4.78. The number of rotatable bonds is 6.